The largest absolute Gasteiger partial charge is 0.493 e. The highest BCUT2D eigenvalue weighted by molar-refractivity contribution is 5.25. The Morgan fingerprint density at radius 1 is 1.42 bits per heavy atom. The molecule has 0 heterocycles. The molecule has 0 aromatic rings. The highest BCUT2D eigenvalue weighted by Gasteiger charge is 2.01. The van der Waals surface area contributed by atoms with Crippen molar-refractivity contribution in [2.45, 2.75) is 13.8 Å². The molecule has 0 rings (SSSR count). The predicted molar refractivity (Wildman–Crippen MR) is 50.7 cm³/mol. The minimum Gasteiger partial charge on any atom is -0.493 e. The summed E-state index contributed by atoms with van der Waals surface area (Å²) in [4.78, 5) is 0. The van der Waals surface area contributed by atoms with E-state index in [2.05, 4.69) is 13.2 Å². The van der Waals surface area contributed by atoms with Crippen molar-refractivity contribution in [1.29, 1.82) is 0 Å². The molecule has 0 aromatic carbocycles. The SMILES string of the molecule is C=C(C)/C=C(/OCC)C(=C)OC. The van der Waals surface area contributed by atoms with Crippen LogP contribution >= 0.6 is 0 Å². The van der Waals surface area contributed by atoms with Crippen molar-refractivity contribution in [2.75, 3.05) is 13.7 Å². The van der Waals surface area contributed by atoms with Crippen molar-refractivity contribution in [1.82, 2.24) is 0 Å². The average molecular weight is 168 g/mol. The lowest BCUT2D eigenvalue weighted by Crippen LogP contribution is -1.97. The maximum Gasteiger partial charge on any atom is 0.160 e. The molecule has 0 bridgehead atoms. The number of hydrogen-bond acceptors (Lipinski definition) is 2. The fourth-order valence-corrected chi connectivity index (χ4v) is 0.683. The van der Waals surface area contributed by atoms with Gasteiger partial charge in [0.25, 0.3) is 0 Å². The van der Waals surface area contributed by atoms with E-state index >= 15 is 0 Å². The van der Waals surface area contributed by atoms with Crippen molar-refractivity contribution in [3.05, 3.63) is 36.3 Å². The lowest BCUT2D eigenvalue weighted by molar-refractivity contribution is 0.188. The van der Waals surface area contributed by atoms with E-state index in [0.29, 0.717) is 18.1 Å². The molecule has 12 heavy (non-hydrogen) atoms. The summed E-state index contributed by atoms with van der Waals surface area (Å²) in [7, 11) is 1.56. The normalized spacial score (nSPS) is 10.8. The minimum atomic E-state index is 0.528. The maximum absolute atomic E-state index is 5.28. The molecule has 0 aliphatic carbocycles. The Hall–Kier alpha value is -1.18. The first-order chi connectivity index (χ1) is 5.61. The van der Waals surface area contributed by atoms with E-state index in [-0.39, 0.29) is 0 Å². The van der Waals surface area contributed by atoms with Crippen LogP contribution in [0.25, 0.3) is 0 Å². The molecular formula is C10H16O2. The van der Waals surface area contributed by atoms with E-state index in [4.69, 9.17) is 9.47 Å². The standard InChI is InChI=1S/C10H16O2/c1-6-12-10(7-8(2)3)9(4)11-5/h7H,2,4,6H2,1,3,5H3/b10-7+. The summed E-state index contributed by atoms with van der Waals surface area (Å²) in [6.07, 6.45) is 1.80. The molecule has 0 N–H and O–H groups in total. The third kappa shape index (κ3) is 3.86. The molecule has 68 valence electrons. The molecule has 0 atom stereocenters. The summed E-state index contributed by atoms with van der Waals surface area (Å²) in [5, 5.41) is 0. The third-order valence-electron chi connectivity index (χ3n) is 1.20. The second-order valence-corrected chi connectivity index (χ2v) is 2.42. The Morgan fingerprint density at radius 3 is 2.33 bits per heavy atom. The zero-order valence-corrected chi connectivity index (χ0v) is 8.02. The van der Waals surface area contributed by atoms with Gasteiger partial charge in [0.1, 0.15) is 0 Å². The highest BCUT2D eigenvalue weighted by Crippen LogP contribution is 2.12. The van der Waals surface area contributed by atoms with Crippen LogP contribution in [0.5, 0.6) is 0 Å². The minimum absolute atomic E-state index is 0.528. The fraction of sp³-hybridized carbons (Fsp3) is 0.400. The first-order valence-corrected chi connectivity index (χ1v) is 3.85. The van der Waals surface area contributed by atoms with Crippen LogP contribution in [0.15, 0.2) is 36.3 Å². The van der Waals surface area contributed by atoms with Gasteiger partial charge in [0.2, 0.25) is 0 Å². The van der Waals surface area contributed by atoms with Crippen LogP contribution < -0.4 is 0 Å². The molecule has 0 amide bonds. The van der Waals surface area contributed by atoms with Gasteiger partial charge in [0, 0.05) is 0 Å². The van der Waals surface area contributed by atoms with E-state index in [1.54, 1.807) is 13.2 Å². The lowest BCUT2D eigenvalue weighted by atomic mass is 10.3. The molecule has 0 fully saturated rings. The van der Waals surface area contributed by atoms with Crippen LogP contribution in [0, 0.1) is 0 Å². The van der Waals surface area contributed by atoms with E-state index in [0.717, 1.165) is 5.57 Å². The van der Waals surface area contributed by atoms with Gasteiger partial charge in [-0.2, -0.15) is 0 Å². The zero-order chi connectivity index (χ0) is 9.56. The van der Waals surface area contributed by atoms with Gasteiger partial charge in [-0.05, 0) is 19.9 Å². The molecule has 0 radical (unpaired) electrons. The van der Waals surface area contributed by atoms with Gasteiger partial charge in [-0.25, -0.2) is 0 Å². The molecule has 2 nitrogen and oxygen atoms in total. The maximum atomic E-state index is 5.28. The quantitative estimate of drug-likeness (QED) is 0.464. The van der Waals surface area contributed by atoms with Crippen molar-refractivity contribution in [3.63, 3.8) is 0 Å². The van der Waals surface area contributed by atoms with Gasteiger partial charge in [0.05, 0.1) is 13.7 Å². The second-order valence-electron chi connectivity index (χ2n) is 2.42. The molecule has 0 spiro atoms. The summed E-state index contributed by atoms with van der Waals surface area (Å²) >= 11 is 0. The predicted octanol–water partition coefficient (Wildman–Crippen LogP) is 2.64. The Labute approximate surface area is 74.2 Å². The van der Waals surface area contributed by atoms with Crippen molar-refractivity contribution in [2.24, 2.45) is 0 Å². The monoisotopic (exact) mass is 168 g/mol. The molecule has 0 aromatic heterocycles. The molecule has 0 saturated heterocycles. The Morgan fingerprint density at radius 2 is 2.00 bits per heavy atom. The van der Waals surface area contributed by atoms with Gasteiger partial charge in [-0.15, -0.1) is 0 Å². The number of methoxy groups -OCH3 is 1. The van der Waals surface area contributed by atoms with Gasteiger partial charge in [-0.3, -0.25) is 0 Å². The van der Waals surface area contributed by atoms with Gasteiger partial charge >= 0.3 is 0 Å². The Balaban J connectivity index is 4.42. The zero-order valence-electron chi connectivity index (χ0n) is 8.02. The van der Waals surface area contributed by atoms with Crippen LogP contribution in [0.4, 0.5) is 0 Å². The number of allylic oxidation sites excluding steroid dienone is 2. The number of rotatable bonds is 5. The van der Waals surface area contributed by atoms with E-state index in [1.807, 2.05) is 13.8 Å². The summed E-state index contributed by atoms with van der Waals surface area (Å²) in [5.74, 6) is 1.17. The molecule has 0 aliphatic rings. The van der Waals surface area contributed by atoms with Crippen molar-refractivity contribution < 1.29 is 9.47 Å². The summed E-state index contributed by atoms with van der Waals surface area (Å²) < 4.78 is 10.2. The lowest BCUT2D eigenvalue weighted by Gasteiger charge is -2.09. The van der Waals surface area contributed by atoms with E-state index in [9.17, 15) is 0 Å². The molecule has 0 aliphatic heterocycles. The average Bonchev–Trinajstić information content (AvgIpc) is 2.01. The Kier molecular flexibility index (Phi) is 4.93. The van der Waals surface area contributed by atoms with Gasteiger partial charge in [0.15, 0.2) is 11.5 Å². The molecule has 0 saturated carbocycles. The summed E-state index contributed by atoms with van der Waals surface area (Å²) in [6.45, 7) is 11.8. The van der Waals surface area contributed by atoms with Crippen LogP contribution in [0.3, 0.4) is 0 Å². The van der Waals surface area contributed by atoms with Gasteiger partial charge < -0.3 is 9.47 Å². The number of ether oxygens (including phenoxy) is 2. The summed E-state index contributed by atoms with van der Waals surface area (Å²) in [5.41, 5.74) is 0.914. The van der Waals surface area contributed by atoms with E-state index in [1.165, 1.54) is 0 Å². The fourth-order valence-electron chi connectivity index (χ4n) is 0.683. The van der Waals surface area contributed by atoms with Crippen molar-refractivity contribution in [3.8, 4) is 0 Å². The summed E-state index contributed by atoms with van der Waals surface area (Å²) in [6, 6.07) is 0. The highest BCUT2D eigenvalue weighted by atomic mass is 16.5. The van der Waals surface area contributed by atoms with Gasteiger partial charge in [-0.1, -0.05) is 18.7 Å². The topological polar surface area (TPSA) is 18.5 Å². The Bertz CT molecular complexity index is 202. The first kappa shape index (κ1) is 10.8. The second kappa shape index (κ2) is 5.47. The van der Waals surface area contributed by atoms with Crippen molar-refractivity contribution >= 4 is 0 Å². The third-order valence-corrected chi connectivity index (χ3v) is 1.20. The number of hydrogen-bond donors (Lipinski definition) is 0. The van der Waals surface area contributed by atoms with Crippen LogP contribution in [0.2, 0.25) is 0 Å². The first-order valence-electron chi connectivity index (χ1n) is 3.85. The molecular weight excluding hydrogens is 152 g/mol. The molecule has 0 unspecified atom stereocenters. The van der Waals surface area contributed by atoms with Crippen LogP contribution in [-0.4, -0.2) is 13.7 Å². The van der Waals surface area contributed by atoms with Crippen LogP contribution in [-0.2, 0) is 9.47 Å². The van der Waals surface area contributed by atoms with E-state index < -0.39 is 0 Å². The molecule has 2 heteroatoms. The van der Waals surface area contributed by atoms with Crippen LogP contribution in [0.1, 0.15) is 13.8 Å². The smallest absolute Gasteiger partial charge is 0.160 e.